The SMILES string of the molecule is OCC(CO)OCc1cncc(COC(CO)CO)n1. The molecule has 0 bridgehead atoms. The first-order chi connectivity index (χ1) is 9.73. The van der Waals surface area contributed by atoms with E-state index in [0.717, 1.165) is 0 Å². The van der Waals surface area contributed by atoms with Crippen molar-refractivity contribution >= 4 is 0 Å². The van der Waals surface area contributed by atoms with Crippen LogP contribution in [0, 0.1) is 0 Å². The highest BCUT2D eigenvalue weighted by Crippen LogP contribution is 2.04. The van der Waals surface area contributed by atoms with E-state index in [1.54, 1.807) is 0 Å². The van der Waals surface area contributed by atoms with Crippen molar-refractivity contribution in [1.29, 1.82) is 0 Å². The molecule has 0 atom stereocenters. The third-order valence-electron chi connectivity index (χ3n) is 2.48. The lowest BCUT2D eigenvalue weighted by Crippen LogP contribution is -2.23. The highest BCUT2D eigenvalue weighted by atomic mass is 16.5. The van der Waals surface area contributed by atoms with Gasteiger partial charge in [-0.05, 0) is 0 Å². The maximum Gasteiger partial charge on any atom is 0.104 e. The lowest BCUT2D eigenvalue weighted by atomic mass is 10.3. The van der Waals surface area contributed by atoms with E-state index in [9.17, 15) is 0 Å². The summed E-state index contributed by atoms with van der Waals surface area (Å²) >= 11 is 0. The molecule has 0 unspecified atom stereocenters. The number of aliphatic hydroxyl groups is 4. The van der Waals surface area contributed by atoms with Gasteiger partial charge in [-0.25, -0.2) is 4.98 Å². The summed E-state index contributed by atoms with van der Waals surface area (Å²) in [5.74, 6) is 0. The van der Waals surface area contributed by atoms with Gasteiger partial charge in [-0.3, -0.25) is 4.98 Å². The predicted octanol–water partition coefficient (Wildman–Crippen LogP) is -1.78. The third-order valence-corrected chi connectivity index (χ3v) is 2.48. The molecule has 0 radical (unpaired) electrons. The summed E-state index contributed by atoms with van der Waals surface area (Å²) in [5.41, 5.74) is 1.06. The van der Waals surface area contributed by atoms with Crippen LogP contribution >= 0.6 is 0 Å². The summed E-state index contributed by atoms with van der Waals surface area (Å²) < 4.78 is 10.5. The Balaban J connectivity index is 2.48. The van der Waals surface area contributed by atoms with E-state index in [4.69, 9.17) is 29.9 Å². The molecule has 1 aromatic heterocycles. The van der Waals surface area contributed by atoms with Crippen molar-refractivity contribution in [3.05, 3.63) is 23.8 Å². The van der Waals surface area contributed by atoms with Gasteiger partial charge in [0.2, 0.25) is 0 Å². The highest BCUT2D eigenvalue weighted by Gasteiger charge is 2.09. The molecule has 8 heteroatoms. The minimum Gasteiger partial charge on any atom is -0.394 e. The van der Waals surface area contributed by atoms with Crippen molar-refractivity contribution in [1.82, 2.24) is 9.97 Å². The molecule has 0 fully saturated rings. The molecule has 1 heterocycles. The average molecular weight is 288 g/mol. The number of ether oxygens (including phenoxy) is 2. The second-order valence-corrected chi connectivity index (χ2v) is 4.10. The first kappa shape index (κ1) is 16.9. The molecule has 0 aliphatic carbocycles. The molecule has 0 aromatic carbocycles. The van der Waals surface area contributed by atoms with Crippen molar-refractivity contribution in [2.45, 2.75) is 25.4 Å². The number of hydrogen-bond acceptors (Lipinski definition) is 8. The first-order valence-electron chi connectivity index (χ1n) is 6.19. The molecule has 0 saturated heterocycles. The number of aliphatic hydroxyl groups excluding tert-OH is 4. The van der Waals surface area contributed by atoms with Crippen LogP contribution in [0.3, 0.4) is 0 Å². The molecule has 0 aliphatic heterocycles. The molecule has 114 valence electrons. The van der Waals surface area contributed by atoms with E-state index >= 15 is 0 Å². The molecule has 1 aromatic rings. The number of nitrogens with zero attached hydrogens (tertiary/aromatic N) is 2. The Kier molecular flexibility index (Phi) is 8.19. The summed E-state index contributed by atoms with van der Waals surface area (Å²) in [6.45, 7) is -0.891. The van der Waals surface area contributed by atoms with Crippen LogP contribution < -0.4 is 0 Å². The zero-order valence-corrected chi connectivity index (χ0v) is 11.1. The molecular formula is C12H20N2O6. The van der Waals surface area contributed by atoms with Crippen LogP contribution in [0.15, 0.2) is 12.4 Å². The van der Waals surface area contributed by atoms with Crippen LogP contribution in [0.25, 0.3) is 0 Å². The quantitative estimate of drug-likeness (QED) is 0.398. The Morgan fingerprint density at radius 2 is 1.20 bits per heavy atom. The normalized spacial score (nSPS) is 11.5. The zero-order chi connectivity index (χ0) is 14.8. The third kappa shape index (κ3) is 5.87. The van der Waals surface area contributed by atoms with Gasteiger partial charge in [-0.1, -0.05) is 0 Å². The van der Waals surface area contributed by atoms with Gasteiger partial charge in [0.1, 0.15) is 12.2 Å². The minimum absolute atomic E-state index is 0.107. The van der Waals surface area contributed by atoms with Crippen LogP contribution in [-0.4, -0.2) is 69.0 Å². The van der Waals surface area contributed by atoms with Gasteiger partial charge < -0.3 is 29.9 Å². The van der Waals surface area contributed by atoms with Gasteiger partial charge in [0.15, 0.2) is 0 Å². The summed E-state index contributed by atoms with van der Waals surface area (Å²) in [5, 5.41) is 35.5. The second kappa shape index (κ2) is 9.70. The van der Waals surface area contributed by atoms with Crippen LogP contribution in [0.4, 0.5) is 0 Å². The fraction of sp³-hybridized carbons (Fsp3) is 0.667. The van der Waals surface area contributed by atoms with Gasteiger partial charge in [-0.15, -0.1) is 0 Å². The molecule has 8 nitrogen and oxygen atoms in total. The summed E-state index contributed by atoms with van der Waals surface area (Å²) in [4.78, 5) is 8.19. The summed E-state index contributed by atoms with van der Waals surface area (Å²) in [7, 11) is 0. The fourth-order valence-corrected chi connectivity index (χ4v) is 1.32. The molecule has 20 heavy (non-hydrogen) atoms. The highest BCUT2D eigenvalue weighted by molar-refractivity contribution is 5.01. The van der Waals surface area contributed by atoms with E-state index in [2.05, 4.69) is 9.97 Å². The van der Waals surface area contributed by atoms with Crippen LogP contribution in [0.1, 0.15) is 11.4 Å². The summed E-state index contributed by atoms with van der Waals surface area (Å²) in [6.07, 6.45) is 1.71. The number of aromatic nitrogens is 2. The zero-order valence-electron chi connectivity index (χ0n) is 11.1. The monoisotopic (exact) mass is 288 g/mol. The van der Waals surface area contributed by atoms with Gasteiger partial charge in [0.25, 0.3) is 0 Å². The fourth-order valence-electron chi connectivity index (χ4n) is 1.32. The van der Waals surface area contributed by atoms with Crippen LogP contribution in [-0.2, 0) is 22.7 Å². The van der Waals surface area contributed by atoms with E-state index in [0.29, 0.717) is 11.4 Å². The van der Waals surface area contributed by atoms with Gasteiger partial charge in [0.05, 0.1) is 63.4 Å². The Labute approximate surface area is 116 Å². The number of rotatable bonds is 10. The first-order valence-corrected chi connectivity index (χ1v) is 6.19. The molecule has 4 N–H and O–H groups in total. The lowest BCUT2D eigenvalue weighted by Gasteiger charge is -2.13. The molecular weight excluding hydrogens is 268 g/mol. The maximum atomic E-state index is 8.87. The largest absolute Gasteiger partial charge is 0.394 e. The molecule has 0 amide bonds. The lowest BCUT2D eigenvalue weighted by molar-refractivity contribution is -0.0326. The Morgan fingerprint density at radius 3 is 1.55 bits per heavy atom. The summed E-state index contributed by atoms with van der Waals surface area (Å²) in [6, 6.07) is 0. The predicted molar refractivity (Wildman–Crippen MR) is 67.5 cm³/mol. The smallest absolute Gasteiger partial charge is 0.104 e. The van der Waals surface area contributed by atoms with Crippen molar-refractivity contribution in [2.24, 2.45) is 0 Å². The van der Waals surface area contributed by atoms with Crippen LogP contribution in [0.2, 0.25) is 0 Å². The topological polar surface area (TPSA) is 125 Å². The van der Waals surface area contributed by atoms with Crippen LogP contribution in [0.5, 0.6) is 0 Å². The standard InChI is InChI=1S/C12H20N2O6/c15-3-11(4-16)19-7-9-1-13-2-10(14-9)8-20-12(5-17)6-18/h1-2,11-12,15-18H,3-8H2. The van der Waals surface area contributed by atoms with Crippen molar-refractivity contribution in [2.75, 3.05) is 26.4 Å². The van der Waals surface area contributed by atoms with E-state index in [1.165, 1.54) is 12.4 Å². The number of hydrogen-bond donors (Lipinski definition) is 4. The molecule has 0 spiro atoms. The van der Waals surface area contributed by atoms with Crippen molar-refractivity contribution in [3.8, 4) is 0 Å². The maximum absolute atomic E-state index is 8.87. The van der Waals surface area contributed by atoms with Gasteiger partial charge >= 0.3 is 0 Å². The molecule has 0 aliphatic rings. The van der Waals surface area contributed by atoms with E-state index in [-0.39, 0.29) is 39.6 Å². The minimum atomic E-state index is -0.648. The van der Waals surface area contributed by atoms with E-state index in [1.807, 2.05) is 0 Å². The van der Waals surface area contributed by atoms with Crippen molar-refractivity contribution in [3.63, 3.8) is 0 Å². The van der Waals surface area contributed by atoms with Gasteiger partial charge in [0, 0.05) is 0 Å². The van der Waals surface area contributed by atoms with Gasteiger partial charge in [-0.2, -0.15) is 0 Å². The second-order valence-electron chi connectivity index (χ2n) is 4.10. The average Bonchev–Trinajstić information content (AvgIpc) is 2.50. The Morgan fingerprint density at radius 1 is 0.800 bits per heavy atom. The Hall–Kier alpha value is -1.16. The Bertz CT molecular complexity index is 339. The molecule has 1 rings (SSSR count). The van der Waals surface area contributed by atoms with E-state index < -0.39 is 12.2 Å². The van der Waals surface area contributed by atoms with Crippen molar-refractivity contribution < 1.29 is 29.9 Å². The molecule has 0 saturated carbocycles.